The normalized spacial score (nSPS) is 31.6. The maximum Gasteiger partial charge on any atom is 0.326 e. The molecule has 3 heterocycles. The van der Waals surface area contributed by atoms with Crippen LogP contribution in [0, 0.1) is 5.92 Å². The second-order valence-electron chi connectivity index (χ2n) is 5.62. The van der Waals surface area contributed by atoms with Crippen LogP contribution >= 0.6 is 11.8 Å². The van der Waals surface area contributed by atoms with Crippen molar-refractivity contribution in [3.05, 3.63) is 29.6 Å². The fourth-order valence-electron chi connectivity index (χ4n) is 2.97. The SMILES string of the molecule is C[C@@H](O)[C@H]1C(=O)N2CC(C(=O)O)(c3ccc(CN)nc3)S[C@H]12. The van der Waals surface area contributed by atoms with Crippen molar-refractivity contribution in [2.45, 2.75) is 29.7 Å². The van der Waals surface area contributed by atoms with Gasteiger partial charge in [-0.2, -0.15) is 0 Å². The lowest BCUT2D eigenvalue weighted by Gasteiger charge is -2.42. The lowest BCUT2D eigenvalue weighted by molar-refractivity contribution is -0.156. The van der Waals surface area contributed by atoms with Crippen LogP contribution in [-0.2, 0) is 20.9 Å². The number of β-lactam (4-membered cyclic amide) rings is 1. The molecule has 0 aromatic carbocycles. The van der Waals surface area contributed by atoms with E-state index in [0.29, 0.717) is 11.3 Å². The van der Waals surface area contributed by atoms with Gasteiger partial charge >= 0.3 is 5.97 Å². The molecule has 1 unspecified atom stereocenters. The minimum atomic E-state index is -1.25. The Morgan fingerprint density at radius 1 is 1.64 bits per heavy atom. The van der Waals surface area contributed by atoms with Crippen molar-refractivity contribution in [2.24, 2.45) is 11.7 Å². The van der Waals surface area contributed by atoms with E-state index in [0.717, 1.165) is 0 Å². The van der Waals surface area contributed by atoms with Gasteiger partial charge in [-0.15, -0.1) is 11.8 Å². The third-order valence-corrected chi connectivity index (χ3v) is 5.99. The summed E-state index contributed by atoms with van der Waals surface area (Å²) < 4.78 is -1.25. The highest BCUT2D eigenvalue weighted by atomic mass is 32.2. The van der Waals surface area contributed by atoms with E-state index in [1.807, 2.05) is 0 Å². The Labute approximate surface area is 131 Å². The molecular weight excluding hydrogens is 306 g/mol. The maximum absolute atomic E-state index is 12.1. The van der Waals surface area contributed by atoms with Gasteiger partial charge in [0.15, 0.2) is 4.75 Å². The van der Waals surface area contributed by atoms with E-state index in [4.69, 9.17) is 5.73 Å². The number of carbonyl (C=O) groups is 2. The lowest BCUT2D eigenvalue weighted by Crippen LogP contribution is -2.60. The van der Waals surface area contributed by atoms with Crippen LogP contribution in [0.1, 0.15) is 18.2 Å². The summed E-state index contributed by atoms with van der Waals surface area (Å²) in [7, 11) is 0. The molecule has 8 heteroatoms. The molecule has 22 heavy (non-hydrogen) atoms. The third-order valence-electron chi connectivity index (χ3n) is 4.26. The van der Waals surface area contributed by atoms with Crippen LogP contribution in [0.15, 0.2) is 18.3 Å². The molecule has 0 radical (unpaired) electrons. The quantitative estimate of drug-likeness (QED) is 0.653. The molecule has 0 spiro atoms. The first-order valence-corrected chi connectivity index (χ1v) is 7.84. The van der Waals surface area contributed by atoms with Gasteiger partial charge in [-0.1, -0.05) is 6.07 Å². The van der Waals surface area contributed by atoms with Gasteiger partial charge in [-0.05, 0) is 18.6 Å². The summed E-state index contributed by atoms with van der Waals surface area (Å²) in [4.78, 5) is 29.6. The number of fused-ring (bicyclic) bond motifs is 1. The number of hydrogen-bond acceptors (Lipinski definition) is 6. The van der Waals surface area contributed by atoms with Crippen molar-refractivity contribution in [3.8, 4) is 0 Å². The number of aliphatic carboxylic acids is 1. The number of hydrogen-bond donors (Lipinski definition) is 3. The van der Waals surface area contributed by atoms with E-state index in [2.05, 4.69) is 4.98 Å². The molecule has 4 N–H and O–H groups in total. The first-order chi connectivity index (χ1) is 10.4. The average molecular weight is 323 g/mol. The monoisotopic (exact) mass is 323 g/mol. The molecule has 0 bridgehead atoms. The number of aliphatic hydroxyl groups is 1. The van der Waals surface area contributed by atoms with E-state index < -0.39 is 22.7 Å². The fourth-order valence-corrected chi connectivity index (χ4v) is 4.75. The van der Waals surface area contributed by atoms with Gasteiger partial charge in [-0.25, -0.2) is 0 Å². The number of amides is 1. The summed E-state index contributed by atoms with van der Waals surface area (Å²) in [6, 6.07) is 3.40. The van der Waals surface area contributed by atoms with Gasteiger partial charge in [0.2, 0.25) is 5.91 Å². The molecule has 1 amide bonds. The van der Waals surface area contributed by atoms with Crippen molar-refractivity contribution in [1.29, 1.82) is 0 Å². The van der Waals surface area contributed by atoms with E-state index in [1.165, 1.54) is 22.9 Å². The zero-order chi connectivity index (χ0) is 16.1. The Bertz CT molecular complexity index is 621. The molecule has 0 aliphatic carbocycles. The molecule has 2 saturated heterocycles. The number of aliphatic hydroxyl groups excluding tert-OH is 1. The van der Waals surface area contributed by atoms with Crippen molar-refractivity contribution < 1.29 is 19.8 Å². The van der Waals surface area contributed by atoms with E-state index in [-0.39, 0.29) is 24.4 Å². The standard InChI is InChI=1S/C14H17N3O4S/c1-7(18)10-11(19)17-6-14(13(20)21,22-12(10)17)8-2-3-9(4-15)16-5-8/h2-3,5,7,10,12,18H,4,6,15H2,1H3,(H,20,21)/t7-,10+,12-,14?/m1/s1. The van der Waals surface area contributed by atoms with Crippen LogP contribution < -0.4 is 5.73 Å². The predicted octanol–water partition coefficient (Wildman–Crippen LogP) is -0.268. The van der Waals surface area contributed by atoms with Crippen molar-refractivity contribution in [1.82, 2.24) is 9.88 Å². The Morgan fingerprint density at radius 3 is 2.86 bits per heavy atom. The van der Waals surface area contributed by atoms with Crippen molar-refractivity contribution in [2.75, 3.05) is 6.54 Å². The van der Waals surface area contributed by atoms with Crippen LogP contribution in [0.5, 0.6) is 0 Å². The number of rotatable bonds is 4. The Kier molecular flexibility index (Phi) is 3.62. The molecular formula is C14H17N3O4S. The summed E-state index contributed by atoms with van der Waals surface area (Å²) in [6.45, 7) is 1.92. The third kappa shape index (κ3) is 2.02. The van der Waals surface area contributed by atoms with Crippen LogP contribution in [-0.4, -0.2) is 50.0 Å². The lowest BCUT2D eigenvalue weighted by atomic mass is 9.90. The number of thioether (sulfide) groups is 1. The van der Waals surface area contributed by atoms with Crippen molar-refractivity contribution in [3.63, 3.8) is 0 Å². The first-order valence-electron chi connectivity index (χ1n) is 6.96. The van der Waals surface area contributed by atoms with Gasteiger partial charge in [0, 0.05) is 12.7 Å². The molecule has 0 saturated carbocycles. The summed E-state index contributed by atoms with van der Waals surface area (Å²) in [5, 5.41) is 19.1. The number of nitrogens with zero attached hydrogens (tertiary/aromatic N) is 2. The highest BCUT2D eigenvalue weighted by Crippen LogP contribution is 2.55. The zero-order valence-corrected chi connectivity index (χ0v) is 12.8. The number of carbonyl (C=O) groups excluding carboxylic acids is 1. The van der Waals surface area contributed by atoms with E-state index >= 15 is 0 Å². The first kappa shape index (κ1) is 15.3. The highest BCUT2D eigenvalue weighted by Gasteiger charge is 2.63. The minimum Gasteiger partial charge on any atom is -0.480 e. The Balaban J connectivity index is 1.95. The summed E-state index contributed by atoms with van der Waals surface area (Å²) in [5.74, 6) is -1.74. The molecule has 118 valence electrons. The smallest absolute Gasteiger partial charge is 0.326 e. The molecule has 1 aromatic rings. The zero-order valence-electron chi connectivity index (χ0n) is 12.0. The summed E-state index contributed by atoms with van der Waals surface area (Å²) in [6.07, 6.45) is 0.723. The molecule has 2 fully saturated rings. The number of nitrogens with two attached hydrogens (primary N) is 1. The molecule has 7 nitrogen and oxygen atoms in total. The molecule has 4 atom stereocenters. The summed E-state index contributed by atoms with van der Waals surface area (Å²) >= 11 is 1.20. The largest absolute Gasteiger partial charge is 0.480 e. The number of carboxylic acids is 1. The topological polar surface area (TPSA) is 117 Å². The van der Waals surface area contributed by atoms with Gasteiger partial charge in [0.1, 0.15) is 0 Å². The molecule has 2 aliphatic heterocycles. The second kappa shape index (κ2) is 5.22. The van der Waals surface area contributed by atoms with Gasteiger partial charge in [-0.3, -0.25) is 14.6 Å². The van der Waals surface area contributed by atoms with E-state index in [1.54, 1.807) is 19.1 Å². The van der Waals surface area contributed by atoms with Crippen LogP contribution in [0.25, 0.3) is 0 Å². The molecule has 2 aliphatic rings. The minimum absolute atomic E-state index is 0.0867. The van der Waals surface area contributed by atoms with Crippen LogP contribution in [0.4, 0.5) is 0 Å². The fraction of sp³-hybridized carbons (Fsp3) is 0.500. The average Bonchev–Trinajstić information content (AvgIpc) is 2.83. The number of carboxylic acid groups (broad SMARTS) is 1. The van der Waals surface area contributed by atoms with Gasteiger partial charge < -0.3 is 20.8 Å². The van der Waals surface area contributed by atoms with Gasteiger partial charge in [0.05, 0.1) is 29.6 Å². The van der Waals surface area contributed by atoms with E-state index in [9.17, 15) is 19.8 Å². The number of pyridine rings is 1. The van der Waals surface area contributed by atoms with Crippen LogP contribution in [0.2, 0.25) is 0 Å². The Hall–Kier alpha value is -1.64. The molecule has 1 aromatic heterocycles. The Morgan fingerprint density at radius 2 is 2.36 bits per heavy atom. The summed E-state index contributed by atoms with van der Waals surface area (Å²) in [5.41, 5.74) is 6.72. The highest BCUT2D eigenvalue weighted by molar-refractivity contribution is 8.02. The number of aromatic nitrogens is 1. The second-order valence-corrected chi connectivity index (χ2v) is 7.03. The van der Waals surface area contributed by atoms with Crippen molar-refractivity contribution >= 4 is 23.6 Å². The predicted molar refractivity (Wildman–Crippen MR) is 79.7 cm³/mol. The molecule has 3 rings (SSSR count). The van der Waals surface area contributed by atoms with Gasteiger partial charge in [0.25, 0.3) is 0 Å². The van der Waals surface area contributed by atoms with Crippen LogP contribution in [0.3, 0.4) is 0 Å². The maximum atomic E-state index is 12.1.